The maximum absolute atomic E-state index is 11.6. The molecule has 0 fully saturated rings. The molecule has 1 rings (SSSR count). The van der Waals surface area contributed by atoms with Crippen LogP contribution in [0.5, 0.6) is 0 Å². The monoisotopic (exact) mass is 191 g/mol. The lowest BCUT2D eigenvalue weighted by Crippen LogP contribution is -2.28. The van der Waals surface area contributed by atoms with Crippen molar-refractivity contribution in [2.45, 2.75) is 13.0 Å². The third-order valence-electron chi connectivity index (χ3n) is 1.22. The van der Waals surface area contributed by atoms with E-state index in [-0.39, 0.29) is 6.54 Å². The molecule has 0 saturated carbocycles. The molecule has 66 valence electrons. The van der Waals surface area contributed by atoms with Crippen LogP contribution in [-0.2, 0) is 11.3 Å². The van der Waals surface area contributed by atoms with Gasteiger partial charge in [-0.25, -0.2) is 0 Å². The summed E-state index contributed by atoms with van der Waals surface area (Å²) in [6.07, 6.45) is -2.93. The molecule has 0 radical (unpaired) electrons. The van der Waals surface area contributed by atoms with Gasteiger partial charge in [0.25, 0.3) is 5.91 Å². The van der Waals surface area contributed by atoms with Gasteiger partial charge in [0.2, 0.25) is 0 Å². The lowest BCUT2D eigenvalue weighted by atomic mass is 10.4. The average Bonchev–Trinajstić information content (AvgIpc) is 2.51. The molecule has 0 bridgehead atoms. The zero-order valence-electron chi connectivity index (χ0n) is 6.09. The average molecular weight is 191 g/mol. The number of hydrogen-bond donors (Lipinski definition) is 1. The third kappa shape index (κ3) is 2.58. The number of nitrogens with one attached hydrogen (secondary N) is 1. The summed E-state index contributed by atoms with van der Waals surface area (Å²) in [4.78, 5) is 11.2. The largest absolute Gasteiger partial charge is 0.346 e. The number of carbonyl (C=O) groups excluding carboxylic acids is 1. The Bertz CT molecular complexity index is 248. The quantitative estimate of drug-likeness (QED) is 0.773. The molecule has 1 aromatic rings. The Morgan fingerprint density at radius 1 is 1.67 bits per heavy atom. The van der Waals surface area contributed by atoms with E-state index in [1.54, 1.807) is 12.1 Å². The number of rotatable bonds is 3. The van der Waals surface area contributed by atoms with E-state index < -0.39 is 12.3 Å². The van der Waals surface area contributed by atoms with Crippen LogP contribution in [0, 0.1) is 0 Å². The van der Waals surface area contributed by atoms with Gasteiger partial charge in [0.05, 0.1) is 6.54 Å². The highest BCUT2D eigenvalue weighted by Gasteiger charge is 2.13. The van der Waals surface area contributed by atoms with Crippen LogP contribution in [-0.4, -0.2) is 12.3 Å². The van der Waals surface area contributed by atoms with Crippen LogP contribution in [0.4, 0.5) is 8.78 Å². The Kier molecular flexibility index (Phi) is 3.16. The second-order valence-electron chi connectivity index (χ2n) is 2.10. The summed E-state index contributed by atoms with van der Waals surface area (Å²) in [6.45, 7) is 0.181. The Labute approximate surface area is 72.2 Å². The van der Waals surface area contributed by atoms with Crippen molar-refractivity contribution in [3.8, 4) is 0 Å². The molecule has 1 amide bonds. The van der Waals surface area contributed by atoms with E-state index in [0.29, 0.717) is 0 Å². The third-order valence-corrected chi connectivity index (χ3v) is 2.09. The van der Waals surface area contributed by atoms with Crippen molar-refractivity contribution in [1.29, 1.82) is 0 Å². The molecule has 1 aromatic heterocycles. The van der Waals surface area contributed by atoms with Crippen LogP contribution in [0.1, 0.15) is 4.88 Å². The molecule has 0 spiro atoms. The maximum Gasteiger partial charge on any atom is 0.315 e. The number of alkyl halides is 2. The second kappa shape index (κ2) is 4.15. The van der Waals surface area contributed by atoms with Gasteiger partial charge in [0, 0.05) is 4.88 Å². The molecule has 0 saturated heterocycles. The van der Waals surface area contributed by atoms with Gasteiger partial charge in [0.1, 0.15) is 0 Å². The first-order valence-corrected chi connectivity index (χ1v) is 4.16. The fourth-order valence-electron chi connectivity index (χ4n) is 0.665. The molecular weight excluding hydrogens is 184 g/mol. The van der Waals surface area contributed by atoms with E-state index in [4.69, 9.17) is 0 Å². The Morgan fingerprint density at radius 2 is 2.42 bits per heavy atom. The van der Waals surface area contributed by atoms with E-state index in [2.05, 4.69) is 5.32 Å². The highest BCUT2D eigenvalue weighted by Crippen LogP contribution is 2.07. The van der Waals surface area contributed by atoms with Gasteiger partial charge in [0.15, 0.2) is 0 Å². The summed E-state index contributed by atoms with van der Waals surface area (Å²) in [6, 6.07) is 3.57. The predicted molar refractivity (Wildman–Crippen MR) is 42.2 cm³/mol. The first-order valence-electron chi connectivity index (χ1n) is 3.28. The minimum atomic E-state index is -2.93. The minimum Gasteiger partial charge on any atom is -0.346 e. The fourth-order valence-corrected chi connectivity index (χ4v) is 1.31. The van der Waals surface area contributed by atoms with Gasteiger partial charge in [-0.1, -0.05) is 6.07 Å². The van der Waals surface area contributed by atoms with E-state index in [1.165, 1.54) is 11.3 Å². The molecular formula is C7H7F2NOS. The molecule has 0 aliphatic rings. The lowest BCUT2D eigenvalue weighted by Gasteiger charge is -2.00. The molecule has 0 unspecified atom stereocenters. The fraction of sp³-hybridized carbons (Fsp3) is 0.286. The topological polar surface area (TPSA) is 29.1 Å². The van der Waals surface area contributed by atoms with E-state index >= 15 is 0 Å². The van der Waals surface area contributed by atoms with Crippen molar-refractivity contribution < 1.29 is 13.6 Å². The summed E-state index contributed by atoms with van der Waals surface area (Å²) in [7, 11) is 0. The number of thiophene rings is 1. The molecule has 0 atom stereocenters. The summed E-state index contributed by atoms with van der Waals surface area (Å²) in [5.41, 5.74) is 0. The molecule has 0 aromatic carbocycles. The predicted octanol–water partition coefficient (Wildman–Crippen LogP) is 1.63. The van der Waals surface area contributed by atoms with E-state index in [9.17, 15) is 13.6 Å². The summed E-state index contributed by atoms with van der Waals surface area (Å²) >= 11 is 1.42. The van der Waals surface area contributed by atoms with Crippen molar-refractivity contribution in [1.82, 2.24) is 5.32 Å². The van der Waals surface area contributed by atoms with Crippen molar-refractivity contribution in [2.75, 3.05) is 0 Å². The maximum atomic E-state index is 11.6. The van der Waals surface area contributed by atoms with E-state index in [0.717, 1.165) is 4.88 Å². The summed E-state index contributed by atoms with van der Waals surface area (Å²) in [5.74, 6) is -1.22. The van der Waals surface area contributed by atoms with Crippen LogP contribution in [0.25, 0.3) is 0 Å². The lowest BCUT2D eigenvalue weighted by molar-refractivity contribution is -0.131. The van der Waals surface area contributed by atoms with Crippen LogP contribution in [0.15, 0.2) is 17.5 Å². The standard InChI is InChI=1S/C7H7F2NOS/c8-6(9)7(11)10-4-5-2-1-3-12-5/h1-3,6H,4H2,(H,10,11). The number of halogens is 2. The van der Waals surface area contributed by atoms with Gasteiger partial charge >= 0.3 is 6.43 Å². The van der Waals surface area contributed by atoms with Gasteiger partial charge in [-0.3, -0.25) is 4.79 Å². The van der Waals surface area contributed by atoms with Gasteiger partial charge in [-0.05, 0) is 11.4 Å². The Balaban J connectivity index is 2.32. The van der Waals surface area contributed by atoms with Gasteiger partial charge in [-0.2, -0.15) is 8.78 Å². The zero-order valence-corrected chi connectivity index (χ0v) is 6.91. The van der Waals surface area contributed by atoms with Crippen molar-refractivity contribution >= 4 is 17.2 Å². The SMILES string of the molecule is O=C(NCc1cccs1)C(F)F. The van der Waals surface area contributed by atoms with Crippen molar-refractivity contribution in [3.05, 3.63) is 22.4 Å². The first-order chi connectivity index (χ1) is 5.70. The molecule has 12 heavy (non-hydrogen) atoms. The van der Waals surface area contributed by atoms with Gasteiger partial charge in [-0.15, -0.1) is 11.3 Å². The molecule has 1 heterocycles. The number of carbonyl (C=O) groups is 1. The highest BCUT2D eigenvalue weighted by atomic mass is 32.1. The Hall–Kier alpha value is -0.970. The summed E-state index contributed by atoms with van der Waals surface area (Å²) in [5, 5.41) is 3.93. The van der Waals surface area contributed by atoms with Gasteiger partial charge < -0.3 is 5.32 Å². The van der Waals surface area contributed by atoms with Crippen LogP contribution < -0.4 is 5.32 Å². The number of amides is 1. The molecule has 2 nitrogen and oxygen atoms in total. The highest BCUT2D eigenvalue weighted by molar-refractivity contribution is 7.09. The normalized spacial score (nSPS) is 10.2. The summed E-state index contributed by atoms with van der Waals surface area (Å²) < 4.78 is 23.3. The van der Waals surface area contributed by atoms with Crippen molar-refractivity contribution in [3.63, 3.8) is 0 Å². The van der Waals surface area contributed by atoms with Crippen molar-refractivity contribution in [2.24, 2.45) is 0 Å². The minimum absolute atomic E-state index is 0.181. The van der Waals surface area contributed by atoms with E-state index in [1.807, 2.05) is 5.38 Å². The molecule has 5 heteroatoms. The second-order valence-corrected chi connectivity index (χ2v) is 3.13. The van der Waals surface area contributed by atoms with Crippen LogP contribution in [0.2, 0.25) is 0 Å². The molecule has 1 N–H and O–H groups in total. The number of hydrogen-bond acceptors (Lipinski definition) is 2. The smallest absolute Gasteiger partial charge is 0.315 e. The molecule has 0 aliphatic carbocycles. The zero-order chi connectivity index (χ0) is 8.97. The Morgan fingerprint density at radius 3 is 2.92 bits per heavy atom. The molecule has 0 aliphatic heterocycles. The van der Waals surface area contributed by atoms with Crippen LogP contribution in [0.3, 0.4) is 0 Å². The van der Waals surface area contributed by atoms with Crippen LogP contribution >= 0.6 is 11.3 Å². The first kappa shape index (κ1) is 9.12.